The lowest BCUT2D eigenvalue weighted by atomic mass is 10.1. The van der Waals surface area contributed by atoms with Crippen LogP contribution in [0.15, 0.2) is 24.3 Å². The molecule has 6 nitrogen and oxygen atoms in total. The molecule has 0 aliphatic rings. The molecule has 1 aromatic carbocycles. The van der Waals surface area contributed by atoms with Gasteiger partial charge in [-0.05, 0) is 46.0 Å². The van der Waals surface area contributed by atoms with Crippen molar-refractivity contribution in [2.75, 3.05) is 40.4 Å². The second-order valence-corrected chi connectivity index (χ2v) is 5.78. The van der Waals surface area contributed by atoms with Gasteiger partial charge in [0.05, 0.1) is 6.61 Å². The molecule has 1 amide bonds. The van der Waals surface area contributed by atoms with Gasteiger partial charge >= 0.3 is 0 Å². The van der Waals surface area contributed by atoms with Gasteiger partial charge < -0.3 is 19.7 Å². The van der Waals surface area contributed by atoms with Crippen LogP contribution in [0, 0.1) is 0 Å². The third-order valence-electron chi connectivity index (χ3n) is 3.62. The van der Waals surface area contributed by atoms with Gasteiger partial charge in [0.2, 0.25) is 0 Å². The Morgan fingerprint density at radius 3 is 2.71 bits per heavy atom. The molecule has 6 heteroatoms. The van der Waals surface area contributed by atoms with Crippen molar-refractivity contribution in [3.63, 3.8) is 0 Å². The van der Waals surface area contributed by atoms with E-state index >= 15 is 0 Å². The van der Waals surface area contributed by atoms with Gasteiger partial charge in [-0.3, -0.25) is 9.59 Å². The molecule has 134 valence electrons. The quantitative estimate of drug-likeness (QED) is 0.492. The Morgan fingerprint density at radius 1 is 1.29 bits per heavy atom. The number of methoxy groups -OCH3 is 1. The summed E-state index contributed by atoms with van der Waals surface area (Å²) < 4.78 is 10.6. The lowest BCUT2D eigenvalue weighted by Gasteiger charge is -2.17. The first-order valence-corrected chi connectivity index (χ1v) is 8.17. The number of benzene rings is 1. The van der Waals surface area contributed by atoms with Crippen LogP contribution in [-0.2, 0) is 9.53 Å². The van der Waals surface area contributed by atoms with E-state index in [1.807, 2.05) is 7.05 Å². The van der Waals surface area contributed by atoms with Crippen molar-refractivity contribution in [2.24, 2.45) is 0 Å². The van der Waals surface area contributed by atoms with E-state index in [9.17, 15) is 9.59 Å². The number of ketones is 1. The lowest BCUT2D eigenvalue weighted by molar-refractivity contribution is -0.127. The number of hydrogen-bond donors (Lipinski definition) is 1. The van der Waals surface area contributed by atoms with E-state index in [2.05, 4.69) is 10.2 Å². The van der Waals surface area contributed by atoms with Crippen LogP contribution in [0.2, 0.25) is 0 Å². The van der Waals surface area contributed by atoms with Crippen molar-refractivity contribution < 1.29 is 19.1 Å². The number of carbonyl (C=O) groups excluding carboxylic acids is 2. The zero-order valence-corrected chi connectivity index (χ0v) is 15.0. The van der Waals surface area contributed by atoms with Crippen LogP contribution < -0.4 is 10.1 Å². The molecule has 1 atom stereocenters. The summed E-state index contributed by atoms with van der Waals surface area (Å²) in [7, 11) is 3.70. The van der Waals surface area contributed by atoms with Crippen LogP contribution in [0.3, 0.4) is 0 Å². The van der Waals surface area contributed by atoms with Crippen LogP contribution in [0.4, 0.5) is 0 Å². The molecule has 1 N–H and O–H groups in total. The highest BCUT2D eigenvalue weighted by Crippen LogP contribution is 2.15. The minimum absolute atomic E-state index is 0.0323. The molecule has 0 saturated heterocycles. The van der Waals surface area contributed by atoms with Crippen molar-refractivity contribution in [1.29, 1.82) is 0 Å². The molecule has 0 radical (unpaired) electrons. The topological polar surface area (TPSA) is 67.9 Å². The number of nitrogens with zero attached hydrogens (tertiary/aromatic N) is 1. The number of nitrogens with one attached hydrogen (secondary N) is 1. The molecule has 0 aliphatic heterocycles. The Kier molecular flexibility index (Phi) is 9.04. The summed E-state index contributed by atoms with van der Waals surface area (Å²) in [5, 5.41) is 2.86. The molecular formula is C18H28N2O4. The monoisotopic (exact) mass is 336 g/mol. The van der Waals surface area contributed by atoms with Crippen molar-refractivity contribution in [3.05, 3.63) is 29.8 Å². The Hall–Kier alpha value is -1.92. The molecule has 0 fully saturated rings. The molecule has 0 aromatic heterocycles. The fourth-order valence-corrected chi connectivity index (χ4v) is 2.11. The van der Waals surface area contributed by atoms with Crippen LogP contribution in [0.1, 0.15) is 30.6 Å². The molecule has 0 saturated carbocycles. The van der Waals surface area contributed by atoms with Gasteiger partial charge in [0.15, 0.2) is 11.9 Å². The van der Waals surface area contributed by atoms with Crippen LogP contribution in [-0.4, -0.2) is 63.1 Å². The summed E-state index contributed by atoms with van der Waals surface area (Å²) in [6.45, 7) is 6.25. The summed E-state index contributed by atoms with van der Waals surface area (Å²) in [6.07, 6.45) is 0.247. The predicted molar refractivity (Wildman–Crippen MR) is 93.5 cm³/mol. The second kappa shape index (κ2) is 10.8. The van der Waals surface area contributed by atoms with Gasteiger partial charge in [0, 0.05) is 25.8 Å². The van der Waals surface area contributed by atoms with E-state index in [0.29, 0.717) is 24.5 Å². The number of likely N-dealkylation sites (N-methyl/N-ethyl adjacent to an activating group) is 1. The largest absolute Gasteiger partial charge is 0.481 e. The fraction of sp³-hybridized carbons (Fsp3) is 0.556. The minimum Gasteiger partial charge on any atom is -0.481 e. The zero-order chi connectivity index (χ0) is 17.9. The van der Waals surface area contributed by atoms with E-state index in [4.69, 9.17) is 9.47 Å². The van der Waals surface area contributed by atoms with Crippen molar-refractivity contribution in [3.8, 4) is 5.75 Å². The van der Waals surface area contributed by atoms with E-state index < -0.39 is 6.10 Å². The smallest absolute Gasteiger partial charge is 0.260 e. The average Bonchev–Trinajstić information content (AvgIpc) is 2.56. The van der Waals surface area contributed by atoms with Gasteiger partial charge in [-0.15, -0.1) is 0 Å². The molecule has 0 aliphatic carbocycles. The molecule has 0 spiro atoms. The van der Waals surface area contributed by atoms with Gasteiger partial charge in [-0.2, -0.15) is 0 Å². The number of amides is 1. The maximum Gasteiger partial charge on any atom is 0.260 e. The Balaban J connectivity index is 2.32. The summed E-state index contributed by atoms with van der Waals surface area (Å²) in [5.74, 6) is 0.322. The highest BCUT2D eigenvalue weighted by Gasteiger charge is 2.14. The van der Waals surface area contributed by atoms with Crippen LogP contribution in [0.25, 0.3) is 0 Å². The number of carbonyl (C=O) groups is 2. The van der Waals surface area contributed by atoms with Crippen LogP contribution in [0.5, 0.6) is 5.75 Å². The first-order chi connectivity index (χ1) is 11.4. The SMILES string of the molecule is COCCN(C)CCCNC(=O)[C@H](C)Oc1cccc(C(C)=O)c1. The number of Topliss-reactive ketones (excluding diaryl/α,β-unsaturated/α-hetero) is 1. The van der Waals surface area contributed by atoms with E-state index in [1.165, 1.54) is 6.92 Å². The second-order valence-electron chi connectivity index (χ2n) is 5.78. The first kappa shape index (κ1) is 20.1. The average molecular weight is 336 g/mol. The Morgan fingerprint density at radius 2 is 2.04 bits per heavy atom. The molecule has 1 rings (SSSR count). The summed E-state index contributed by atoms with van der Waals surface area (Å²) in [5.41, 5.74) is 0.569. The summed E-state index contributed by atoms with van der Waals surface area (Å²) in [4.78, 5) is 25.6. The van der Waals surface area contributed by atoms with E-state index in [-0.39, 0.29) is 11.7 Å². The highest BCUT2D eigenvalue weighted by molar-refractivity contribution is 5.94. The van der Waals surface area contributed by atoms with Gasteiger partial charge in [-0.1, -0.05) is 12.1 Å². The maximum atomic E-state index is 12.0. The van der Waals surface area contributed by atoms with Crippen molar-refractivity contribution >= 4 is 11.7 Å². The van der Waals surface area contributed by atoms with Gasteiger partial charge in [0.25, 0.3) is 5.91 Å². The normalized spacial score (nSPS) is 12.0. The van der Waals surface area contributed by atoms with Gasteiger partial charge in [0.1, 0.15) is 5.75 Å². The van der Waals surface area contributed by atoms with E-state index in [1.54, 1.807) is 38.3 Å². The third-order valence-corrected chi connectivity index (χ3v) is 3.62. The zero-order valence-electron chi connectivity index (χ0n) is 15.0. The maximum absolute atomic E-state index is 12.0. The third kappa shape index (κ3) is 7.57. The predicted octanol–water partition coefficient (Wildman–Crippen LogP) is 1.74. The molecule has 24 heavy (non-hydrogen) atoms. The summed E-state index contributed by atoms with van der Waals surface area (Å²) in [6, 6.07) is 6.85. The fourth-order valence-electron chi connectivity index (χ4n) is 2.11. The Labute approximate surface area is 144 Å². The molecule has 1 aromatic rings. The molecular weight excluding hydrogens is 308 g/mol. The van der Waals surface area contributed by atoms with Crippen molar-refractivity contribution in [1.82, 2.24) is 10.2 Å². The van der Waals surface area contributed by atoms with Crippen molar-refractivity contribution in [2.45, 2.75) is 26.4 Å². The molecule has 0 unspecified atom stereocenters. The number of hydrogen-bond acceptors (Lipinski definition) is 5. The minimum atomic E-state index is -0.613. The lowest BCUT2D eigenvalue weighted by Crippen LogP contribution is -2.37. The van der Waals surface area contributed by atoms with Crippen LogP contribution >= 0.6 is 0 Å². The number of ether oxygens (including phenoxy) is 2. The highest BCUT2D eigenvalue weighted by atomic mass is 16.5. The van der Waals surface area contributed by atoms with E-state index in [0.717, 1.165) is 19.5 Å². The summed E-state index contributed by atoms with van der Waals surface area (Å²) >= 11 is 0. The standard InChI is InChI=1S/C18H28N2O4/c1-14(21)16-7-5-8-17(13-16)24-15(2)18(22)19-9-6-10-20(3)11-12-23-4/h5,7-8,13,15H,6,9-12H2,1-4H3,(H,19,22)/t15-/m0/s1. The number of rotatable bonds is 11. The first-order valence-electron chi connectivity index (χ1n) is 8.17. The molecule has 0 bridgehead atoms. The van der Waals surface area contributed by atoms with Gasteiger partial charge in [-0.25, -0.2) is 0 Å². The Bertz CT molecular complexity index is 534. The molecule has 0 heterocycles.